The van der Waals surface area contributed by atoms with Gasteiger partial charge in [-0.2, -0.15) is 4.31 Å². The van der Waals surface area contributed by atoms with Gasteiger partial charge in [0.05, 0.1) is 22.9 Å². The molecule has 2 aliphatic heterocycles. The number of piperidine rings is 2. The van der Waals surface area contributed by atoms with Gasteiger partial charge in [0.15, 0.2) is 0 Å². The molecule has 2 saturated heterocycles. The molecule has 8 heteroatoms. The fourth-order valence-corrected chi connectivity index (χ4v) is 5.91. The number of aromatic nitrogens is 1. The van der Waals surface area contributed by atoms with Crippen molar-refractivity contribution in [3.8, 4) is 0 Å². The first-order chi connectivity index (χ1) is 14.9. The highest BCUT2D eigenvalue weighted by atomic mass is 32.2. The van der Waals surface area contributed by atoms with Crippen molar-refractivity contribution >= 4 is 32.7 Å². The minimum atomic E-state index is -3.48. The van der Waals surface area contributed by atoms with Crippen LogP contribution in [-0.4, -0.2) is 56.5 Å². The molecule has 0 aliphatic carbocycles. The fourth-order valence-electron chi connectivity index (χ4n) is 4.41. The Balaban J connectivity index is 1.48. The SMILES string of the molecule is CCOC(=O)C1CCN(c2ccc3cc(S(=O)(=O)N4CCC(C)CC4)ccc3n2)CC1. The molecule has 1 aromatic carbocycles. The van der Waals surface area contributed by atoms with Gasteiger partial charge in [-0.25, -0.2) is 13.4 Å². The van der Waals surface area contributed by atoms with Crippen molar-refractivity contribution in [2.45, 2.75) is 44.4 Å². The van der Waals surface area contributed by atoms with Gasteiger partial charge in [-0.15, -0.1) is 0 Å². The Morgan fingerprint density at radius 3 is 2.45 bits per heavy atom. The summed E-state index contributed by atoms with van der Waals surface area (Å²) in [6.07, 6.45) is 3.32. The van der Waals surface area contributed by atoms with Gasteiger partial charge in [-0.05, 0) is 68.9 Å². The van der Waals surface area contributed by atoms with Crippen LogP contribution in [0.5, 0.6) is 0 Å². The summed E-state index contributed by atoms with van der Waals surface area (Å²) in [5, 5.41) is 0.816. The second kappa shape index (κ2) is 9.12. The van der Waals surface area contributed by atoms with Gasteiger partial charge in [0.25, 0.3) is 0 Å². The van der Waals surface area contributed by atoms with Crippen LogP contribution in [0.25, 0.3) is 10.9 Å². The summed E-state index contributed by atoms with van der Waals surface area (Å²) in [5.74, 6) is 1.29. The maximum atomic E-state index is 13.0. The summed E-state index contributed by atoms with van der Waals surface area (Å²) >= 11 is 0. The van der Waals surface area contributed by atoms with E-state index in [0.29, 0.717) is 30.5 Å². The van der Waals surface area contributed by atoms with Gasteiger partial charge in [0, 0.05) is 31.6 Å². The number of carbonyl (C=O) groups excluding carboxylic acids is 1. The Morgan fingerprint density at radius 2 is 1.77 bits per heavy atom. The largest absolute Gasteiger partial charge is 0.466 e. The van der Waals surface area contributed by atoms with Gasteiger partial charge < -0.3 is 9.64 Å². The number of pyridine rings is 1. The number of esters is 1. The Kier molecular flexibility index (Phi) is 6.48. The highest BCUT2D eigenvalue weighted by molar-refractivity contribution is 7.89. The molecule has 0 unspecified atom stereocenters. The highest BCUT2D eigenvalue weighted by Crippen LogP contribution is 2.28. The van der Waals surface area contributed by atoms with E-state index in [1.807, 2.05) is 19.1 Å². The molecule has 168 valence electrons. The van der Waals surface area contributed by atoms with Crippen molar-refractivity contribution in [2.75, 3.05) is 37.7 Å². The molecule has 0 atom stereocenters. The maximum Gasteiger partial charge on any atom is 0.309 e. The van der Waals surface area contributed by atoms with Crippen LogP contribution < -0.4 is 4.90 Å². The molecule has 0 amide bonds. The van der Waals surface area contributed by atoms with Crippen molar-refractivity contribution in [3.63, 3.8) is 0 Å². The average molecular weight is 446 g/mol. The summed E-state index contributed by atoms with van der Waals surface area (Å²) < 4.78 is 32.8. The molecule has 1 aromatic heterocycles. The number of sulfonamides is 1. The Morgan fingerprint density at radius 1 is 1.06 bits per heavy atom. The predicted molar refractivity (Wildman–Crippen MR) is 120 cm³/mol. The lowest BCUT2D eigenvalue weighted by Gasteiger charge is -2.31. The normalized spacial score (nSPS) is 19.6. The molecule has 2 aromatic rings. The molecule has 0 radical (unpaired) electrons. The van der Waals surface area contributed by atoms with Crippen LogP contribution in [0.2, 0.25) is 0 Å². The van der Waals surface area contributed by atoms with E-state index < -0.39 is 10.0 Å². The molecule has 0 N–H and O–H groups in total. The van der Waals surface area contributed by atoms with Gasteiger partial charge in [0.2, 0.25) is 10.0 Å². The highest BCUT2D eigenvalue weighted by Gasteiger charge is 2.29. The molecule has 0 bridgehead atoms. The number of ether oxygens (including phenoxy) is 1. The summed E-state index contributed by atoms with van der Waals surface area (Å²) in [5.41, 5.74) is 0.774. The molecule has 2 fully saturated rings. The summed E-state index contributed by atoms with van der Waals surface area (Å²) in [6, 6.07) is 9.06. The van der Waals surface area contributed by atoms with Crippen molar-refractivity contribution < 1.29 is 17.9 Å². The van der Waals surface area contributed by atoms with Crippen molar-refractivity contribution in [3.05, 3.63) is 30.3 Å². The van der Waals surface area contributed by atoms with Gasteiger partial charge in [0.1, 0.15) is 5.82 Å². The van der Waals surface area contributed by atoms with E-state index in [2.05, 4.69) is 11.8 Å². The first kappa shape index (κ1) is 22.0. The van der Waals surface area contributed by atoms with Gasteiger partial charge in [-0.3, -0.25) is 4.79 Å². The monoisotopic (exact) mass is 445 g/mol. The van der Waals surface area contributed by atoms with E-state index in [0.717, 1.165) is 55.5 Å². The van der Waals surface area contributed by atoms with Crippen LogP contribution >= 0.6 is 0 Å². The van der Waals surface area contributed by atoms with Crippen molar-refractivity contribution in [1.29, 1.82) is 0 Å². The third-order valence-corrected chi connectivity index (χ3v) is 8.36. The van der Waals surface area contributed by atoms with Crippen LogP contribution in [0.15, 0.2) is 35.2 Å². The third-order valence-electron chi connectivity index (χ3n) is 6.47. The number of hydrogen-bond acceptors (Lipinski definition) is 6. The van der Waals surface area contributed by atoms with E-state index in [1.54, 1.807) is 22.5 Å². The Bertz CT molecular complexity index is 1040. The second-order valence-corrected chi connectivity index (χ2v) is 10.6. The number of hydrogen-bond donors (Lipinski definition) is 0. The molecule has 0 saturated carbocycles. The number of carbonyl (C=O) groups is 1. The fraction of sp³-hybridized carbons (Fsp3) is 0.565. The number of anilines is 1. The zero-order valence-electron chi connectivity index (χ0n) is 18.3. The molecule has 4 rings (SSSR count). The Labute approximate surface area is 184 Å². The molecule has 0 spiro atoms. The lowest BCUT2D eigenvalue weighted by molar-refractivity contribution is -0.148. The van der Waals surface area contributed by atoms with E-state index in [4.69, 9.17) is 9.72 Å². The summed E-state index contributed by atoms with van der Waals surface area (Å²) in [7, 11) is -3.48. The third kappa shape index (κ3) is 4.70. The van der Waals surface area contributed by atoms with E-state index in [1.165, 1.54) is 0 Å². The molecular weight excluding hydrogens is 414 g/mol. The van der Waals surface area contributed by atoms with E-state index >= 15 is 0 Å². The molecular formula is C23H31N3O4S. The zero-order valence-corrected chi connectivity index (χ0v) is 19.1. The van der Waals surface area contributed by atoms with Crippen molar-refractivity contribution in [1.82, 2.24) is 9.29 Å². The minimum absolute atomic E-state index is 0.0396. The molecule has 2 aliphatic rings. The van der Waals surface area contributed by atoms with Crippen LogP contribution in [0.1, 0.15) is 39.5 Å². The number of benzene rings is 1. The lowest BCUT2D eigenvalue weighted by atomic mass is 9.97. The van der Waals surface area contributed by atoms with Gasteiger partial charge >= 0.3 is 5.97 Å². The standard InChI is InChI=1S/C23H31N3O4S/c1-3-30-23(27)18-10-12-25(13-11-18)22-7-4-19-16-20(5-6-21(19)24-22)31(28,29)26-14-8-17(2)9-15-26/h4-7,16-18H,3,8-15H2,1-2H3. The van der Waals surface area contributed by atoms with E-state index in [-0.39, 0.29) is 11.9 Å². The summed E-state index contributed by atoms with van der Waals surface area (Å²) in [6.45, 7) is 7.09. The number of fused-ring (bicyclic) bond motifs is 1. The van der Waals surface area contributed by atoms with Crippen molar-refractivity contribution in [2.24, 2.45) is 11.8 Å². The average Bonchev–Trinajstić information content (AvgIpc) is 2.79. The Hall–Kier alpha value is -2.19. The smallest absolute Gasteiger partial charge is 0.309 e. The minimum Gasteiger partial charge on any atom is -0.466 e. The molecule has 7 nitrogen and oxygen atoms in total. The van der Waals surface area contributed by atoms with Crippen LogP contribution in [0.4, 0.5) is 5.82 Å². The summed E-state index contributed by atoms with van der Waals surface area (Å²) in [4.78, 5) is 19.2. The first-order valence-corrected chi connectivity index (χ1v) is 12.6. The van der Waals surface area contributed by atoms with Crippen LogP contribution in [0, 0.1) is 11.8 Å². The zero-order chi connectivity index (χ0) is 22.0. The first-order valence-electron chi connectivity index (χ1n) is 11.2. The second-order valence-electron chi connectivity index (χ2n) is 8.62. The molecule has 31 heavy (non-hydrogen) atoms. The van der Waals surface area contributed by atoms with Crippen LogP contribution in [-0.2, 0) is 19.6 Å². The number of nitrogens with zero attached hydrogens (tertiary/aromatic N) is 3. The quantitative estimate of drug-likeness (QED) is 0.656. The van der Waals surface area contributed by atoms with Gasteiger partial charge in [-0.1, -0.05) is 6.92 Å². The number of rotatable bonds is 5. The maximum absolute atomic E-state index is 13.0. The topological polar surface area (TPSA) is 79.8 Å². The predicted octanol–water partition coefficient (Wildman–Crippen LogP) is 3.43. The van der Waals surface area contributed by atoms with E-state index in [9.17, 15) is 13.2 Å². The molecule has 3 heterocycles. The van der Waals surface area contributed by atoms with Crippen LogP contribution in [0.3, 0.4) is 0 Å². The lowest BCUT2D eigenvalue weighted by Crippen LogP contribution is -2.37.